The Bertz CT molecular complexity index is 657. The zero-order valence-corrected chi connectivity index (χ0v) is 13.4. The van der Waals surface area contributed by atoms with Gasteiger partial charge in [-0.05, 0) is 38.2 Å². The number of aromatic nitrogens is 2. The lowest BCUT2D eigenvalue weighted by Crippen LogP contribution is -2.27. The Labute approximate surface area is 139 Å². The van der Waals surface area contributed by atoms with Gasteiger partial charge in [-0.2, -0.15) is 5.10 Å². The van der Waals surface area contributed by atoms with Crippen LogP contribution in [-0.4, -0.2) is 40.7 Å². The highest BCUT2D eigenvalue weighted by Crippen LogP contribution is 2.14. The van der Waals surface area contributed by atoms with Gasteiger partial charge in [-0.15, -0.1) is 12.4 Å². The van der Waals surface area contributed by atoms with Gasteiger partial charge in [0, 0.05) is 24.9 Å². The van der Waals surface area contributed by atoms with E-state index in [1.165, 1.54) is 16.8 Å². The highest BCUT2D eigenvalue weighted by atomic mass is 35.5. The number of nitro groups is 1. The summed E-state index contributed by atoms with van der Waals surface area (Å²) >= 11 is 0. The molecule has 8 nitrogen and oxygen atoms in total. The first-order valence-corrected chi connectivity index (χ1v) is 6.85. The SMILES string of the molecule is CNCCCNC(=O)c1ccn(-c2ccc([N+](=O)[O-])cc2)n1.Cl. The minimum Gasteiger partial charge on any atom is -0.351 e. The Morgan fingerprint density at radius 3 is 2.57 bits per heavy atom. The maximum absolute atomic E-state index is 11.9. The number of nitrogens with zero attached hydrogens (tertiary/aromatic N) is 3. The van der Waals surface area contributed by atoms with Crippen LogP contribution in [0.3, 0.4) is 0 Å². The van der Waals surface area contributed by atoms with E-state index < -0.39 is 4.92 Å². The van der Waals surface area contributed by atoms with Crippen molar-refractivity contribution < 1.29 is 9.72 Å². The third kappa shape index (κ3) is 5.04. The maximum Gasteiger partial charge on any atom is 0.271 e. The van der Waals surface area contributed by atoms with E-state index in [4.69, 9.17) is 0 Å². The van der Waals surface area contributed by atoms with Crippen molar-refractivity contribution in [1.29, 1.82) is 0 Å². The maximum atomic E-state index is 11.9. The molecule has 0 aliphatic carbocycles. The van der Waals surface area contributed by atoms with E-state index in [9.17, 15) is 14.9 Å². The topological polar surface area (TPSA) is 102 Å². The molecule has 0 saturated carbocycles. The van der Waals surface area contributed by atoms with Crippen molar-refractivity contribution in [3.63, 3.8) is 0 Å². The Morgan fingerprint density at radius 2 is 1.96 bits per heavy atom. The quantitative estimate of drug-likeness (QED) is 0.452. The summed E-state index contributed by atoms with van der Waals surface area (Å²) in [6, 6.07) is 7.57. The van der Waals surface area contributed by atoms with E-state index in [2.05, 4.69) is 15.7 Å². The zero-order chi connectivity index (χ0) is 15.9. The summed E-state index contributed by atoms with van der Waals surface area (Å²) in [7, 11) is 1.85. The molecular formula is C14H18ClN5O3. The number of rotatable bonds is 7. The van der Waals surface area contributed by atoms with Crippen LogP contribution in [0.1, 0.15) is 16.9 Å². The van der Waals surface area contributed by atoms with E-state index in [1.54, 1.807) is 24.4 Å². The summed E-state index contributed by atoms with van der Waals surface area (Å²) in [6.07, 6.45) is 2.48. The number of benzene rings is 1. The Balaban J connectivity index is 0.00000264. The Morgan fingerprint density at radius 1 is 1.26 bits per heavy atom. The monoisotopic (exact) mass is 339 g/mol. The van der Waals surface area contributed by atoms with Crippen molar-refractivity contribution in [1.82, 2.24) is 20.4 Å². The molecule has 124 valence electrons. The highest BCUT2D eigenvalue weighted by molar-refractivity contribution is 5.92. The number of carbonyl (C=O) groups is 1. The fourth-order valence-electron chi connectivity index (χ4n) is 1.87. The predicted octanol–water partition coefficient (Wildman–Crippen LogP) is 1.54. The van der Waals surface area contributed by atoms with Gasteiger partial charge in [-0.25, -0.2) is 4.68 Å². The number of hydrogen-bond acceptors (Lipinski definition) is 5. The van der Waals surface area contributed by atoms with Gasteiger partial charge in [0.1, 0.15) is 0 Å². The van der Waals surface area contributed by atoms with Gasteiger partial charge in [-0.3, -0.25) is 14.9 Å². The molecule has 2 aromatic rings. The van der Waals surface area contributed by atoms with Crippen LogP contribution in [0, 0.1) is 10.1 Å². The molecule has 0 fully saturated rings. The Hall–Kier alpha value is -2.45. The molecular weight excluding hydrogens is 322 g/mol. The lowest BCUT2D eigenvalue weighted by molar-refractivity contribution is -0.384. The first-order valence-electron chi connectivity index (χ1n) is 6.85. The third-order valence-corrected chi connectivity index (χ3v) is 3.04. The number of nitro benzene ring substituents is 1. The van der Waals surface area contributed by atoms with E-state index in [0.29, 0.717) is 17.9 Å². The number of non-ortho nitro benzene ring substituents is 1. The number of carbonyl (C=O) groups excluding carboxylic acids is 1. The average molecular weight is 340 g/mol. The Kier molecular flexibility index (Phi) is 7.17. The van der Waals surface area contributed by atoms with Crippen LogP contribution in [-0.2, 0) is 0 Å². The second-order valence-corrected chi connectivity index (χ2v) is 4.63. The second kappa shape index (κ2) is 8.86. The molecule has 0 atom stereocenters. The molecule has 2 rings (SSSR count). The minimum atomic E-state index is -0.461. The van der Waals surface area contributed by atoms with Gasteiger partial charge in [-0.1, -0.05) is 0 Å². The molecule has 2 N–H and O–H groups in total. The average Bonchev–Trinajstić information content (AvgIpc) is 3.01. The minimum absolute atomic E-state index is 0. The fraction of sp³-hybridized carbons (Fsp3) is 0.286. The first kappa shape index (κ1) is 18.6. The molecule has 0 unspecified atom stereocenters. The molecule has 0 radical (unpaired) electrons. The van der Waals surface area contributed by atoms with E-state index in [1.807, 2.05) is 7.05 Å². The van der Waals surface area contributed by atoms with Gasteiger partial charge < -0.3 is 10.6 Å². The van der Waals surface area contributed by atoms with Gasteiger partial charge in [0.05, 0.1) is 10.6 Å². The normalized spacial score (nSPS) is 9.96. The molecule has 1 amide bonds. The van der Waals surface area contributed by atoms with Crippen LogP contribution < -0.4 is 10.6 Å². The van der Waals surface area contributed by atoms with Gasteiger partial charge in [0.2, 0.25) is 0 Å². The summed E-state index contributed by atoms with van der Waals surface area (Å²) in [6.45, 7) is 1.40. The highest BCUT2D eigenvalue weighted by Gasteiger charge is 2.10. The molecule has 9 heteroatoms. The van der Waals surface area contributed by atoms with Crippen LogP contribution >= 0.6 is 12.4 Å². The number of nitrogens with one attached hydrogen (secondary N) is 2. The van der Waals surface area contributed by atoms with E-state index in [0.717, 1.165) is 13.0 Å². The third-order valence-electron chi connectivity index (χ3n) is 3.04. The smallest absolute Gasteiger partial charge is 0.271 e. The van der Waals surface area contributed by atoms with Crippen molar-refractivity contribution in [3.8, 4) is 5.69 Å². The summed E-state index contributed by atoms with van der Waals surface area (Å²) in [4.78, 5) is 22.1. The van der Waals surface area contributed by atoms with Crippen molar-refractivity contribution >= 4 is 24.0 Å². The van der Waals surface area contributed by atoms with Crippen LogP contribution in [0.4, 0.5) is 5.69 Å². The molecule has 0 saturated heterocycles. The summed E-state index contributed by atoms with van der Waals surface area (Å²) in [5.41, 5.74) is 0.973. The molecule has 0 aliphatic rings. The molecule has 1 aromatic carbocycles. The fourth-order valence-corrected chi connectivity index (χ4v) is 1.87. The second-order valence-electron chi connectivity index (χ2n) is 4.63. The van der Waals surface area contributed by atoms with Crippen molar-refractivity contribution in [2.45, 2.75) is 6.42 Å². The molecule has 0 aliphatic heterocycles. The van der Waals surface area contributed by atoms with E-state index in [-0.39, 0.29) is 24.0 Å². The molecule has 1 heterocycles. The molecule has 0 bridgehead atoms. The van der Waals surface area contributed by atoms with Gasteiger partial charge >= 0.3 is 0 Å². The molecule has 1 aromatic heterocycles. The zero-order valence-electron chi connectivity index (χ0n) is 12.6. The standard InChI is InChI=1S/C14H17N5O3.ClH/c1-15-8-2-9-16-14(20)13-7-10-18(17-13)11-3-5-12(6-4-11)19(21)22;/h3-7,10,15H,2,8-9H2,1H3,(H,16,20);1H. The van der Waals surface area contributed by atoms with Gasteiger partial charge in [0.25, 0.3) is 11.6 Å². The molecule has 0 spiro atoms. The first-order chi connectivity index (χ1) is 10.6. The number of halogens is 1. The summed E-state index contributed by atoms with van der Waals surface area (Å²) in [5.74, 6) is -0.239. The van der Waals surface area contributed by atoms with Crippen LogP contribution in [0.25, 0.3) is 5.69 Å². The summed E-state index contributed by atoms with van der Waals surface area (Å²) < 4.78 is 1.51. The predicted molar refractivity (Wildman–Crippen MR) is 88.3 cm³/mol. The van der Waals surface area contributed by atoms with Crippen molar-refractivity contribution in [2.24, 2.45) is 0 Å². The van der Waals surface area contributed by atoms with Crippen molar-refractivity contribution in [3.05, 3.63) is 52.3 Å². The van der Waals surface area contributed by atoms with Crippen LogP contribution in [0.5, 0.6) is 0 Å². The van der Waals surface area contributed by atoms with E-state index >= 15 is 0 Å². The van der Waals surface area contributed by atoms with Crippen LogP contribution in [0.2, 0.25) is 0 Å². The van der Waals surface area contributed by atoms with Gasteiger partial charge in [0.15, 0.2) is 5.69 Å². The lowest BCUT2D eigenvalue weighted by Gasteiger charge is -2.03. The largest absolute Gasteiger partial charge is 0.351 e. The summed E-state index contributed by atoms with van der Waals surface area (Å²) in [5, 5.41) is 20.6. The lowest BCUT2D eigenvalue weighted by atomic mass is 10.3. The van der Waals surface area contributed by atoms with Crippen molar-refractivity contribution in [2.75, 3.05) is 20.1 Å². The van der Waals surface area contributed by atoms with Crippen LogP contribution in [0.15, 0.2) is 36.5 Å². The number of hydrogen-bond donors (Lipinski definition) is 2. The number of amides is 1. The molecule has 23 heavy (non-hydrogen) atoms.